The summed E-state index contributed by atoms with van der Waals surface area (Å²) in [5.74, 6) is 2.44. The van der Waals surface area contributed by atoms with Crippen molar-refractivity contribution in [2.24, 2.45) is 5.92 Å². The number of benzene rings is 2. The minimum atomic E-state index is -0.0585. The number of rotatable bonds is 5. The number of hydrogen-bond donors (Lipinski definition) is 2. The van der Waals surface area contributed by atoms with Gasteiger partial charge in [0.05, 0.1) is 5.39 Å². The summed E-state index contributed by atoms with van der Waals surface area (Å²) in [6.07, 6.45) is 5.10. The highest BCUT2D eigenvalue weighted by Crippen LogP contribution is 2.33. The van der Waals surface area contributed by atoms with Gasteiger partial charge in [0, 0.05) is 36.5 Å². The van der Waals surface area contributed by atoms with Crippen LogP contribution in [-0.2, 0) is 4.79 Å². The van der Waals surface area contributed by atoms with Gasteiger partial charge in [0.25, 0.3) is 0 Å². The predicted octanol–water partition coefficient (Wildman–Crippen LogP) is 5.61. The maximum absolute atomic E-state index is 13.1. The molecule has 1 fully saturated rings. The molecule has 0 spiro atoms. The summed E-state index contributed by atoms with van der Waals surface area (Å²) in [6, 6.07) is 15.6. The largest absolute Gasteiger partial charge is 0.457 e. The Labute approximate surface area is 199 Å². The summed E-state index contributed by atoms with van der Waals surface area (Å²) in [6.45, 7) is 7.00. The van der Waals surface area contributed by atoms with Crippen LogP contribution in [0.5, 0.6) is 11.5 Å². The van der Waals surface area contributed by atoms with Crippen LogP contribution < -0.4 is 15.0 Å². The van der Waals surface area contributed by atoms with Crippen molar-refractivity contribution in [1.29, 1.82) is 0 Å². The van der Waals surface area contributed by atoms with E-state index in [-0.39, 0.29) is 17.9 Å². The Hall–Kier alpha value is -3.87. The van der Waals surface area contributed by atoms with Gasteiger partial charge >= 0.3 is 0 Å². The molecule has 1 saturated heterocycles. The smallest absolute Gasteiger partial charge is 0.227 e. The third-order valence-electron chi connectivity index (χ3n) is 6.59. The van der Waals surface area contributed by atoms with Crippen molar-refractivity contribution in [2.75, 3.05) is 16.8 Å². The Kier molecular flexibility index (Phi) is 5.92. The first-order chi connectivity index (χ1) is 16.5. The highest BCUT2D eigenvalue weighted by atomic mass is 16.5. The number of nitrogens with zero attached hydrogens (tertiary/aromatic N) is 3. The molecule has 2 atom stereocenters. The molecule has 34 heavy (non-hydrogen) atoms. The first kappa shape index (κ1) is 21.9. The highest BCUT2D eigenvalue weighted by molar-refractivity contribution is 5.93. The van der Waals surface area contributed by atoms with Crippen molar-refractivity contribution in [3.05, 3.63) is 72.2 Å². The number of aromatic amines is 1. The molecule has 174 valence electrons. The van der Waals surface area contributed by atoms with Crippen molar-refractivity contribution in [3.63, 3.8) is 0 Å². The number of aryl methyl sites for hydroxylation is 2. The minimum Gasteiger partial charge on any atom is -0.457 e. The Balaban J connectivity index is 1.25. The van der Waals surface area contributed by atoms with Gasteiger partial charge in [0.2, 0.25) is 5.91 Å². The Morgan fingerprint density at radius 3 is 2.79 bits per heavy atom. The number of H-pyrrole nitrogens is 1. The van der Waals surface area contributed by atoms with Crippen molar-refractivity contribution in [2.45, 2.75) is 39.7 Å². The lowest BCUT2D eigenvalue weighted by Gasteiger charge is -2.38. The molecule has 0 radical (unpaired) electrons. The molecular weight excluding hydrogens is 426 g/mol. The van der Waals surface area contributed by atoms with Gasteiger partial charge in [0.15, 0.2) is 0 Å². The number of hydrogen-bond acceptors (Lipinski definition) is 5. The van der Waals surface area contributed by atoms with E-state index < -0.39 is 0 Å². The quantitative estimate of drug-likeness (QED) is 0.409. The minimum absolute atomic E-state index is 0.0465. The molecule has 3 heterocycles. The molecule has 1 aliphatic heterocycles. The number of anilines is 2. The topological polar surface area (TPSA) is 83.1 Å². The lowest BCUT2D eigenvalue weighted by Crippen LogP contribution is -2.44. The van der Waals surface area contributed by atoms with Crippen LogP contribution in [0.25, 0.3) is 11.0 Å². The summed E-state index contributed by atoms with van der Waals surface area (Å²) in [4.78, 5) is 27.5. The number of ether oxygens (including phenoxy) is 1. The molecule has 2 unspecified atom stereocenters. The number of nitrogens with one attached hydrogen (secondary N) is 2. The average Bonchev–Trinajstić information content (AvgIpc) is 3.22. The SMILES string of the molecule is Cc1ccccc1Oc1cccc(NC(=O)C2CCN(c3ncnc4[nH]cc(C)c34)C(C)C2)c1. The van der Waals surface area contributed by atoms with Gasteiger partial charge in [-0.05, 0) is 62.9 Å². The lowest BCUT2D eigenvalue weighted by atomic mass is 9.90. The third-order valence-corrected chi connectivity index (χ3v) is 6.59. The zero-order valence-electron chi connectivity index (χ0n) is 19.7. The van der Waals surface area contributed by atoms with Crippen molar-refractivity contribution in [3.8, 4) is 11.5 Å². The predicted molar refractivity (Wildman–Crippen MR) is 134 cm³/mol. The number of para-hydroxylation sites is 1. The van der Waals surface area contributed by atoms with E-state index >= 15 is 0 Å². The van der Waals surface area contributed by atoms with E-state index in [4.69, 9.17) is 4.74 Å². The zero-order chi connectivity index (χ0) is 23.7. The molecule has 2 aromatic carbocycles. The fraction of sp³-hybridized carbons (Fsp3) is 0.296. The van der Waals surface area contributed by atoms with Crippen LogP contribution in [0.3, 0.4) is 0 Å². The van der Waals surface area contributed by atoms with Crippen LogP contribution in [-0.4, -0.2) is 33.4 Å². The van der Waals surface area contributed by atoms with Crippen molar-refractivity contribution in [1.82, 2.24) is 15.0 Å². The van der Waals surface area contributed by atoms with Crippen LogP contribution >= 0.6 is 0 Å². The van der Waals surface area contributed by atoms with E-state index in [1.807, 2.05) is 61.7 Å². The van der Waals surface area contributed by atoms with Gasteiger partial charge in [0.1, 0.15) is 29.3 Å². The summed E-state index contributed by atoms with van der Waals surface area (Å²) in [7, 11) is 0. The second kappa shape index (κ2) is 9.17. The Morgan fingerprint density at radius 2 is 1.97 bits per heavy atom. The van der Waals surface area contributed by atoms with E-state index in [2.05, 4.69) is 39.0 Å². The number of fused-ring (bicyclic) bond motifs is 1. The second-order valence-electron chi connectivity index (χ2n) is 9.04. The summed E-state index contributed by atoms with van der Waals surface area (Å²) < 4.78 is 6.02. The molecule has 0 aliphatic carbocycles. The summed E-state index contributed by atoms with van der Waals surface area (Å²) >= 11 is 0. The fourth-order valence-electron chi connectivity index (χ4n) is 4.72. The maximum Gasteiger partial charge on any atom is 0.227 e. The van der Waals surface area contributed by atoms with E-state index in [1.165, 1.54) is 0 Å². The lowest BCUT2D eigenvalue weighted by molar-refractivity contribution is -0.120. The Morgan fingerprint density at radius 1 is 1.12 bits per heavy atom. The monoisotopic (exact) mass is 455 g/mol. The standard InChI is InChI=1S/C27H29N5O2/c1-17-7-4-5-10-23(17)34-22-9-6-8-21(14-22)31-27(33)20-11-12-32(19(3)13-20)26-24-18(2)15-28-25(24)29-16-30-26/h4-10,14-16,19-20H,11-13H2,1-3H3,(H,31,33)(H,28,29,30). The van der Waals surface area contributed by atoms with Gasteiger partial charge < -0.3 is 19.9 Å². The van der Waals surface area contributed by atoms with Gasteiger partial charge in [-0.1, -0.05) is 24.3 Å². The van der Waals surface area contributed by atoms with Crippen LogP contribution in [0.2, 0.25) is 0 Å². The van der Waals surface area contributed by atoms with Crippen LogP contribution in [0.15, 0.2) is 61.1 Å². The fourth-order valence-corrected chi connectivity index (χ4v) is 4.72. The number of carbonyl (C=O) groups excluding carboxylic acids is 1. The number of piperidine rings is 1. The average molecular weight is 456 g/mol. The number of aromatic nitrogens is 3. The van der Waals surface area contributed by atoms with E-state index in [0.29, 0.717) is 5.75 Å². The molecule has 7 nitrogen and oxygen atoms in total. The molecule has 5 rings (SSSR count). The molecule has 1 aliphatic rings. The van der Waals surface area contributed by atoms with Crippen LogP contribution in [0.1, 0.15) is 30.9 Å². The first-order valence-electron chi connectivity index (χ1n) is 11.7. The summed E-state index contributed by atoms with van der Waals surface area (Å²) in [5.41, 5.74) is 3.79. The van der Waals surface area contributed by atoms with Gasteiger partial charge in [-0.15, -0.1) is 0 Å². The van der Waals surface area contributed by atoms with Gasteiger partial charge in [-0.25, -0.2) is 9.97 Å². The molecule has 0 saturated carbocycles. The highest BCUT2D eigenvalue weighted by Gasteiger charge is 2.31. The van der Waals surface area contributed by atoms with E-state index in [1.54, 1.807) is 6.33 Å². The molecule has 1 amide bonds. The zero-order valence-corrected chi connectivity index (χ0v) is 19.7. The third kappa shape index (κ3) is 4.33. The number of carbonyl (C=O) groups is 1. The van der Waals surface area contributed by atoms with Crippen LogP contribution in [0.4, 0.5) is 11.5 Å². The molecule has 4 aromatic rings. The second-order valence-corrected chi connectivity index (χ2v) is 9.04. The molecule has 7 heteroatoms. The Bertz CT molecular complexity index is 1330. The summed E-state index contributed by atoms with van der Waals surface area (Å²) in [5, 5.41) is 4.15. The molecule has 2 N–H and O–H groups in total. The molecular formula is C27H29N5O2. The van der Waals surface area contributed by atoms with Crippen molar-refractivity contribution < 1.29 is 9.53 Å². The van der Waals surface area contributed by atoms with Gasteiger partial charge in [-0.3, -0.25) is 4.79 Å². The van der Waals surface area contributed by atoms with Crippen LogP contribution in [0, 0.1) is 19.8 Å². The maximum atomic E-state index is 13.1. The molecule has 0 bridgehead atoms. The normalized spacial score (nSPS) is 18.1. The van der Waals surface area contributed by atoms with Crippen molar-refractivity contribution >= 4 is 28.4 Å². The number of amides is 1. The van der Waals surface area contributed by atoms with E-state index in [0.717, 1.165) is 58.8 Å². The first-order valence-corrected chi connectivity index (χ1v) is 11.7. The molecule has 2 aromatic heterocycles. The van der Waals surface area contributed by atoms with Gasteiger partial charge in [-0.2, -0.15) is 0 Å². The van der Waals surface area contributed by atoms with E-state index in [9.17, 15) is 4.79 Å².